The van der Waals surface area contributed by atoms with Crippen LogP contribution in [0.2, 0.25) is 0 Å². The highest BCUT2D eigenvalue weighted by Crippen LogP contribution is 2.31. The molecule has 0 saturated heterocycles. The predicted octanol–water partition coefficient (Wildman–Crippen LogP) is 4.02. The Balaban J connectivity index is 1.52. The van der Waals surface area contributed by atoms with Gasteiger partial charge in [-0.15, -0.1) is 0 Å². The van der Waals surface area contributed by atoms with Gasteiger partial charge in [-0.1, -0.05) is 0 Å². The molecule has 6 rings (SSSR count). The van der Waals surface area contributed by atoms with Crippen LogP contribution in [-0.4, -0.2) is 40.1 Å². The summed E-state index contributed by atoms with van der Waals surface area (Å²) in [5, 5.41) is 8.47. The van der Waals surface area contributed by atoms with Crippen LogP contribution in [0.15, 0.2) is 73.7 Å². The van der Waals surface area contributed by atoms with Crippen LogP contribution in [0.3, 0.4) is 0 Å². The molecule has 0 fully saturated rings. The molecule has 0 radical (unpaired) electrons. The van der Waals surface area contributed by atoms with E-state index < -0.39 is 0 Å². The molecule has 30 heavy (non-hydrogen) atoms. The lowest BCUT2D eigenvalue weighted by atomic mass is 10.1. The lowest BCUT2D eigenvalue weighted by molar-refractivity contribution is 1.10. The van der Waals surface area contributed by atoms with Crippen molar-refractivity contribution in [2.24, 2.45) is 0 Å². The van der Waals surface area contributed by atoms with E-state index in [0.717, 1.165) is 50.0 Å². The molecule has 0 aliphatic heterocycles. The largest absolute Gasteiger partial charge is 0.335 e. The van der Waals surface area contributed by atoms with Crippen LogP contribution in [0.1, 0.15) is 0 Å². The normalized spacial score (nSPS) is 11.3. The zero-order chi connectivity index (χ0) is 19.9. The monoisotopic (exact) mass is 390 g/mol. The maximum atomic E-state index is 4.85. The number of hydrogen-bond donors (Lipinski definition) is 2. The van der Waals surface area contributed by atoms with Gasteiger partial charge in [0, 0.05) is 47.5 Å². The minimum atomic E-state index is 0.669. The second-order valence-electron chi connectivity index (χ2n) is 6.83. The molecular formula is C22H14N8. The van der Waals surface area contributed by atoms with Crippen LogP contribution >= 0.6 is 0 Å². The van der Waals surface area contributed by atoms with Crippen LogP contribution in [0.25, 0.3) is 55.8 Å². The van der Waals surface area contributed by atoms with Crippen LogP contribution in [-0.2, 0) is 0 Å². The molecule has 142 valence electrons. The highest BCUT2D eigenvalue weighted by Gasteiger charge is 2.16. The van der Waals surface area contributed by atoms with E-state index in [4.69, 9.17) is 4.98 Å². The van der Waals surface area contributed by atoms with Crippen molar-refractivity contribution in [3.05, 3.63) is 73.7 Å². The summed E-state index contributed by atoms with van der Waals surface area (Å²) in [6.07, 6.45) is 12.4. The van der Waals surface area contributed by atoms with Gasteiger partial charge in [0.05, 0.1) is 34.6 Å². The summed E-state index contributed by atoms with van der Waals surface area (Å²) in [7, 11) is 0. The van der Waals surface area contributed by atoms with Gasteiger partial charge in [0.2, 0.25) is 0 Å². The molecule has 0 bridgehead atoms. The molecule has 0 aromatic carbocycles. The molecule has 0 unspecified atom stereocenters. The zero-order valence-corrected chi connectivity index (χ0v) is 15.6. The molecule has 6 aromatic rings. The smallest absolute Gasteiger partial charge is 0.159 e. The number of imidazole rings is 1. The van der Waals surface area contributed by atoms with E-state index in [1.807, 2.05) is 36.5 Å². The van der Waals surface area contributed by atoms with E-state index in [2.05, 4.69) is 35.1 Å². The van der Waals surface area contributed by atoms with Crippen molar-refractivity contribution in [3.63, 3.8) is 0 Å². The minimum Gasteiger partial charge on any atom is -0.335 e. The van der Waals surface area contributed by atoms with Gasteiger partial charge in [0.1, 0.15) is 5.69 Å². The van der Waals surface area contributed by atoms with Gasteiger partial charge in [-0.2, -0.15) is 5.10 Å². The first-order valence-electron chi connectivity index (χ1n) is 9.36. The van der Waals surface area contributed by atoms with Gasteiger partial charge >= 0.3 is 0 Å². The van der Waals surface area contributed by atoms with Crippen molar-refractivity contribution in [1.29, 1.82) is 0 Å². The maximum absolute atomic E-state index is 4.85. The number of hydrogen-bond acceptors (Lipinski definition) is 6. The Hall–Kier alpha value is -4.46. The fraction of sp³-hybridized carbons (Fsp3) is 0. The number of fused-ring (bicyclic) bond motifs is 2. The summed E-state index contributed by atoms with van der Waals surface area (Å²) in [5.41, 5.74) is 6.97. The Morgan fingerprint density at radius 1 is 0.767 bits per heavy atom. The maximum Gasteiger partial charge on any atom is 0.159 e. The third-order valence-corrected chi connectivity index (χ3v) is 5.01. The molecular weight excluding hydrogens is 376 g/mol. The highest BCUT2D eigenvalue weighted by molar-refractivity contribution is 5.97. The highest BCUT2D eigenvalue weighted by atomic mass is 15.1. The second-order valence-corrected chi connectivity index (χ2v) is 6.83. The molecule has 6 aromatic heterocycles. The molecule has 0 aliphatic carbocycles. The fourth-order valence-electron chi connectivity index (χ4n) is 3.56. The third-order valence-electron chi connectivity index (χ3n) is 5.01. The third kappa shape index (κ3) is 2.62. The average Bonchev–Trinajstić information content (AvgIpc) is 3.43. The standard InChI is InChI=1S/C22H14N8/c1-2-14(9-24-5-1)17-8-15-18(12-26-17)29-30-21(15)22-27-19-11-25-10-16(20(19)28-22)13-3-6-23-7-4-13/h1-12H,(H,27,28)(H,29,30). The number of nitrogens with zero attached hydrogens (tertiary/aromatic N) is 6. The topological polar surface area (TPSA) is 109 Å². The Bertz CT molecular complexity index is 1490. The van der Waals surface area contributed by atoms with Crippen molar-refractivity contribution in [3.8, 4) is 33.9 Å². The second kappa shape index (κ2) is 6.56. The summed E-state index contributed by atoms with van der Waals surface area (Å²) in [5.74, 6) is 0.669. The quantitative estimate of drug-likeness (QED) is 0.472. The van der Waals surface area contributed by atoms with E-state index in [9.17, 15) is 0 Å². The summed E-state index contributed by atoms with van der Waals surface area (Å²) in [6, 6.07) is 9.76. The van der Waals surface area contributed by atoms with E-state index in [0.29, 0.717) is 5.82 Å². The molecule has 6 heterocycles. The Morgan fingerprint density at radius 3 is 2.57 bits per heavy atom. The van der Waals surface area contributed by atoms with Crippen molar-refractivity contribution in [2.45, 2.75) is 0 Å². The van der Waals surface area contributed by atoms with Crippen LogP contribution in [0, 0.1) is 0 Å². The summed E-state index contributed by atoms with van der Waals surface area (Å²) < 4.78 is 0. The first-order valence-corrected chi connectivity index (χ1v) is 9.36. The first kappa shape index (κ1) is 16.5. The van der Waals surface area contributed by atoms with Crippen LogP contribution in [0.4, 0.5) is 0 Å². The molecule has 8 nitrogen and oxygen atoms in total. The van der Waals surface area contributed by atoms with Crippen molar-refractivity contribution < 1.29 is 0 Å². The Kier molecular flexibility index (Phi) is 3.60. The van der Waals surface area contributed by atoms with E-state index >= 15 is 0 Å². The minimum absolute atomic E-state index is 0.669. The van der Waals surface area contributed by atoms with Crippen molar-refractivity contribution in [1.82, 2.24) is 40.1 Å². The fourth-order valence-corrected chi connectivity index (χ4v) is 3.56. The lowest BCUT2D eigenvalue weighted by Gasteiger charge is -2.00. The number of rotatable bonds is 3. The first-order chi connectivity index (χ1) is 14.9. The molecule has 0 amide bonds. The van der Waals surface area contributed by atoms with Crippen LogP contribution < -0.4 is 0 Å². The van der Waals surface area contributed by atoms with Gasteiger partial charge in [0.15, 0.2) is 5.82 Å². The molecule has 2 N–H and O–H groups in total. The van der Waals surface area contributed by atoms with E-state index in [-0.39, 0.29) is 0 Å². The Labute approximate surface area is 170 Å². The molecule has 0 spiro atoms. The number of aromatic nitrogens is 8. The van der Waals surface area contributed by atoms with Crippen LogP contribution in [0.5, 0.6) is 0 Å². The summed E-state index contributed by atoms with van der Waals surface area (Å²) in [4.78, 5) is 25.4. The van der Waals surface area contributed by atoms with Gasteiger partial charge in [-0.25, -0.2) is 4.98 Å². The number of pyridine rings is 4. The molecule has 0 saturated carbocycles. The van der Waals surface area contributed by atoms with E-state index in [1.54, 1.807) is 37.2 Å². The SMILES string of the molecule is c1cncc(-c2cc3c(-c4nc5c(-c6ccncc6)cncc5[nH]4)n[nH]c3cn2)c1. The van der Waals surface area contributed by atoms with Gasteiger partial charge in [0.25, 0.3) is 0 Å². The van der Waals surface area contributed by atoms with Gasteiger partial charge < -0.3 is 4.98 Å². The number of aromatic amines is 2. The number of nitrogens with one attached hydrogen (secondary N) is 2. The number of H-pyrrole nitrogens is 2. The van der Waals surface area contributed by atoms with Gasteiger partial charge in [-0.05, 0) is 35.9 Å². The molecule has 0 atom stereocenters. The van der Waals surface area contributed by atoms with E-state index in [1.165, 1.54) is 0 Å². The summed E-state index contributed by atoms with van der Waals surface area (Å²) >= 11 is 0. The van der Waals surface area contributed by atoms with Crippen molar-refractivity contribution >= 4 is 21.9 Å². The molecule has 0 aliphatic rings. The van der Waals surface area contributed by atoms with Crippen molar-refractivity contribution in [2.75, 3.05) is 0 Å². The average molecular weight is 390 g/mol. The molecule has 8 heteroatoms. The predicted molar refractivity (Wildman–Crippen MR) is 113 cm³/mol. The zero-order valence-electron chi connectivity index (χ0n) is 15.6. The lowest BCUT2D eigenvalue weighted by Crippen LogP contribution is -1.86. The van der Waals surface area contributed by atoms with Gasteiger partial charge in [-0.3, -0.25) is 25.0 Å². The Morgan fingerprint density at radius 2 is 1.70 bits per heavy atom. The summed E-state index contributed by atoms with van der Waals surface area (Å²) in [6.45, 7) is 0.